The van der Waals surface area contributed by atoms with Crippen molar-refractivity contribution in [3.8, 4) is 0 Å². The summed E-state index contributed by atoms with van der Waals surface area (Å²) in [7, 11) is 0. The summed E-state index contributed by atoms with van der Waals surface area (Å²) in [4.78, 5) is 4.20. The number of anilines is 2. The maximum Gasteiger partial charge on any atom is 0.248 e. The van der Waals surface area contributed by atoms with Crippen molar-refractivity contribution in [1.29, 1.82) is 0 Å². The Morgan fingerprint density at radius 2 is 1.74 bits per heavy atom. The summed E-state index contributed by atoms with van der Waals surface area (Å²) in [5, 5.41) is 10.9. The summed E-state index contributed by atoms with van der Waals surface area (Å²) in [5.41, 5.74) is 3.18. The van der Waals surface area contributed by atoms with Gasteiger partial charge in [-0.2, -0.15) is 0 Å². The van der Waals surface area contributed by atoms with Crippen molar-refractivity contribution in [2.45, 2.75) is 32.7 Å². The van der Waals surface area contributed by atoms with Gasteiger partial charge in [-0.15, -0.1) is 5.10 Å². The minimum Gasteiger partial charge on any atom is -0.332 e. The zero-order valence-electron chi connectivity index (χ0n) is 15.2. The number of benzene rings is 2. The average molecular weight is 383 g/mol. The number of rotatable bonds is 7. The minimum absolute atomic E-state index is 0.255. The molecule has 0 saturated heterocycles. The molecule has 5 nitrogen and oxygen atoms in total. The van der Waals surface area contributed by atoms with Crippen LogP contribution >= 0.6 is 12.2 Å². The Kier molecular flexibility index (Phi) is 6.49. The Hall–Kier alpha value is -2.80. The average Bonchev–Trinajstić information content (AvgIpc) is 3.09. The van der Waals surface area contributed by atoms with E-state index in [2.05, 4.69) is 39.8 Å². The van der Waals surface area contributed by atoms with Gasteiger partial charge in [0.2, 0.25) is 5.95 Å². The van der Waals surface area contributed by atoms with Gasteiger partial charge in [-0.05, 0) is 60.5 Å². The lowest BCUT2D eigenvalue weighted by Gasteiger charge is -2.09. The smallest absolute Gasteiger partial charge is 0.248 e. The molecule has 0 atom stereocenters. The normalized spacial score (nSPS) is 10.6. The molecule has 0 unspecified atom stereocenters. The monoisotopic (exact) mass is 383 g/mol. The van der Waals surface area contributed by atoms with Crippen LogP contribution < -0.4 is 10.6 Å². The van der Waals surface area contributed by atoms with E-state index in [1.54, 1.807) is 23.1 Å². The number of aryl methyl sites for hydroxylation is 1. The fraction of sp³-hybridized carbons (Fsp3) is 0.250. The van der Waals surface area contributed by atoms with Crippen LogP contribution in [0, 0.1) is 5.82 Å². The molecule has 3 rings (SSSR count). The SMILES string of the molecule is CCCCc1ccc(NC(=S)Nc2ncn(Cc3ccc(F)cc3)n2)cc1. The zero-order chi connectivity index (χ0) is 19.1. The van der Waals surface area contributed by atoms with Gasteiger partial charge in [0.15, 0.2) is 5.11 Å². The van der Waals surface area contributed by atoms with Crippen LogP contribution in [0.25, 0.3) is 0 Å². The summed E-state index contributed by atoms with van der Waals surface area (Å²) in [5.74, 6) is 0.156. The number of unbranched alkanes of at least 4 members (excludes halogenated alkanes) is 1. The fourth-order valence-corrected chi connectivity index (χ4v) is 2.81. The van der Waals surface area contributed by atoms with Crippen LogP contribution in [-0.4, -0.2) is 19.9 Å². The van der Waals surface area contributed by atoms with Crippen molar-refractivity contribution in [2.24, 2.45) is 0 Å². The number of nitrogens with zero attached hydrogens (tertiary/aromatic N) is 3. The Labute approximate surface area is 163 Å². The largest absolute Gasteiger partial charge is 0.332 e. The summed E-state index contributed by atoms with van der Waals surface area (Å²) in [6.45, 7) is 2.70. The van der Waals surface area contributed by atoms with Gasteiger partial charge >= 0.3 is 0 Å². The number of nitrogens with one attached hydrogen (secondary N) is 2. The van der Waals surface area contributed by atoms with Gasteiger partial charge in [0.05, 0.1) is 6.54 Å². The van der Waals surface area contributed by atoms with E-state index < -0.39 is 0 Å². The second-order valence-electron chi connectivity index (χ2n) is 6.27. The summed E-state index contributed by atoms with van der Waals surface area (Å²) >= 11 is 5.32. The first-order valence-electron chi connectivity index (χ1n) is 8.93. The molecule has 0 aliphatic carbocycles. The molecule has 27 heavy (non-hydrogen) atoms. The number of hydrogen-bond acceptors (Lipinski definition) is 3. The van der Waals surface area contributed by atoms with E-state index in [-0.39, 0.29) is 5.82 Å². The number of aromatic nitrogens is 3. The number of hydrogen-bond donors (Lipinski definition) is 2. The lowest BCUT2D eigenvalue weighted by Crippen LogP contribution is -2.20. The third-order valence-electron chi connectivity index (χ3n) is 4.05. The predicted molar refractivity (Wildman–Crippen MR) is 110 cm³/mol. The van der Waals surface area contributed by atoms with Crippen molar-refractivity contribution in [1.82, 2.24) is 14.8 Å². The molecule has 1 heterocycles. The molecule has 7 heteroatoms. The van der Waals surface area contributed by atoms with Gasteiger partial charge in [-0.1, -0.05) is 37.6 Å². The van der Waals surface area contributed by atoms with Crippen molar-refractivity contribution in [2.75, 3.05) is 10.6 Å². The molecule has 0 aliphatic heterocycles. The van der Waals surface area contributed by atoms with Crippen LogP contribution in [0.1, 0.15) is 30.9 Å². The summed E-state index contributed by atoms with van der Waals surface area (Å²) < 4.78 is 14.6. The van der Waals surface area contributed by atoms with E-state index in [0.717, 1.165) is 17.7 Å². The molecule has 0 saturated carbocycles. The lowest BCUT2D eigenvalue weighted by atomic mass is 10.1. The van der Waals surface area contributed by atoms with E-state index in [0.29, 0.717) is 17.6 Å². The van der Waals surface area contributed by atoms with Crippen molar-refractivity contribution >= 4 is 29.0 Å². The molecule has 0 fully saturated rings. The van der Waals surface area contributed by atoms with Gasteiger partial charge in [-0.3, -0.25) is 5.32 Å². The third-order valence-corrected chi connectivity index (χ3v) is 4.25. The number of thiocarbonyl (C=S) groups is 1. The standard InChI is InChI=1S/C20H22FN5S/c1-2-3-4-15-7-11-18(12-8-15)23-20(27)24-19-22-14-26(25-19)13-16-5-9-17(21)10-6-16/h5-12,14H,2-4,13H2,1H3,(H2,23,24,25,27). The maximum atomic E-state index is 13.0. The van der Waals surface area contributed by atoms with Crippen LogP contribution in [-0.2, 0) is 13.0 Å². The first-order chi connectivity index (χ1) is 13.1. The molecule has 2 aromatic carbocycles. The van der Waals surface area contributed by atoms with Gasteiger partial charge in [0, 0.05) is 5.69 Å². The van der Waals surface area contributed by atoms with E-state index in [1.165, 1.54) is 30.5 Å². The highest BCUT2D eigenvalue weighted by Gasteiger charge is 2.05. The Morgan fingerprint density at radius 3 is 2.44 bits per heavy atom. The van der Waals surface area contributed by atoms with Gasteiger partial charge in [-0.25, -0.2) is 14.1 Å². The van der Waals surface area contributed by atoms with Gasteiger partial charge in [0.1, 0.15) is 12.1 Å². The highest BCUT2D eigenvalue weighted by molar-refractivity contribution is 7.80. The summed E-state index contributed by atoms with van der Waals surface area (Å²) in [6, 6.07) is 14.5. The lowest BCUT2D eigenvalue weighted by molar-refractivity contribution is 0.624. The van der Waals surface area contributed by atoms with Crippen LogP contribution in [0.4, 0.5) is 16.0 Å². The topological polar surface area (TPSA) is 54.8 Å². The quantitative estimate of drug-likeness (QED) is 0.583. The summed E-state index contributed by atoms with van der Waals surface area (Å²) in [6.07, 6.45) is 5.08. The maximum absolute atomic E-state index is 13.0. The van der Waals surface area contributed by atoms with Crippen LogP contribution in [0.5, 0.6) is 0 Å². The molecule has 1 aromatic heterocycles. The Morgan fingerprint density at radius 1 is 1.04 bits per heavy atom. The second kappa shape index (κ2) is 9.23. The van der Waals surface area contributed by atoms with Gasteiger partial charge < -0.3 is 5.32 Å². The predicted octanol–water partition coefficient (Wildman–Crippen LogP) is 4.62. The van der Waals surface area contributed by atoms with Crippen LogP contribution in [0.2, 0.25) is 0 Å². The van der Waals surface area contributed by atoms with Gasteiger partial charge in [0.25, 0.3) is 0 Å². The van der Waals surface area contributed by atoms with E-state index in [9.17, 15) is 4.39 Å². The highest BCUT2D eigenvalue weighted by atomic mass is 32.1. The molecule has 3 aromatic rings. The van der Waals surface area contributed by atoms with E-state index in [1.807, 2.05) is 12.1 Å². The third kappa shape index (κ3) is 5.86. The molecule has 0 aliphatic rings. The van der Waals surface area contributed by atoms with Crippen LogP contribution in [0.3, 0.4) is 0 Å². The first kappa shape index (κ1) is 19.0. The van der Waals surface area contributed by atoms with E-state index in [4.69, 9.17) is 12.2 Å². The molecule has 0 amide bonds. The molecule has 0 bridgehead atoms. The molecular formula is C20H22FN5S. The second-order valence-corrected chi connectivity index (χ2v) is 6.68. The Bertz CT molecular complexity index is 874. The fourth-order valence-electron chi connectivity index (χ4n) is 2.60. The molecule has 2 N–H and O–H groups in total. The molecule has 0 spiro atoms. The highest BCUT2D eigenvalue weighted by Crippen LogP contribution is 2.12. The molecule has 140 valence electrons. The molecular weight excluding hydrogens is 361 g/mol. The van der Waals surface area contributed by atoms with Crippen molar-refractivity contribution in [3.63, 3.8) is 0 Å². The van der Waals surface area contributed by atoms with E-state index >= 15 is 0 Å². The minimum atomic E-state index is -0.255. The zero-order valence-corrected chi connectivity index (χ0v) is 16.0. The van der Waals surface area contributed by atoms with Crippen molar-refractivity contribution in [3.05, 3.63) is 71.8 Å². The number of halogens is 1. The first-order valence-corrected chi connectivity index (χ1v) is 9.34. The molecule has 0 radical (unpaired) electrons. The van der Waals surface area contributed by atoms with Crippen LogP contribution in [0.15, 0.2) is 54.9 Å². The van der Waals surface area contributed by atoms with Crippen molar-refractivity contribution < 1.29 is 4.39 Å². The Balaban J connectivity index is 1.52.